The molecule has 10 aromatic rings. The Morgan fingerprint density at radius 1 is 0.353 bits per heavy atom. The van der Waals surface area contributed by atoms with Crippen molar-refractivity contribution in [1.82, 2.24) is 15.0 Å². The van der Waals surface area contributed by atoms with Crippen molar-refractivity contribution in [1.29, 1.82) is 0 Å². The van der Waals surface area contributed by atoms with Gasteiger partial charge in [-0.05, 0) is 80.6 Å². The Kier molecular flexibility index (Phi) is 6.12. The van der Waals surface area contributed by atoms with E-state index in [4.69, 9.17) is 15.0 Å². The number of thiazole rings is 1. The first-order valence-electron chi connectivity index (χ1n) is 17.2. The second-order valence-electron chi connectivity index (χ2n) is 13.2. The Morgan fingerprint density at radius 2 is 0.980 bits per heavy atom. The van der Waals surface area contributed by atoms with Gasteiger partial charge in [-0.25, -0.2) is 15.0 Å². The maximum absolute atomic E-state index is 5.22. The van der Waals surface area contributed by atoms with Crippen molar-refractivity contribution >= 4 is 54.1 Å². The molecule has 51 heavy (non-hydrogen) atoms. The van der Waals surface area contributed by atoms with Gasteiger partial charge in [-0.1, -0.05) is 127 Å². The monoisotopic (exact) mass is 665 g/mol. The van der Waals surface area contributed by atoms with Crippen molar-refractivity contribution in [2.75, 3.05) is 0 Å². The molecule has 7 aromatic carbocycles. The Hall–Kier alpha value is -6.49. The third kappa shape index (κ3) is 4.54. The molecule has 4 heteroatoms. The number of benzene rings is 7. The molecule has 0 amide bonds. The third-order valence-corrected chi connectivity index (χ3v) is 11.3. The molecule has 236 valence electrons. The molecule has 1 aliphatic rings. The van der Waals surface area contributed by atoms with E-state index in [1.807, 2.05) is 6.07 Å². The van der Waals surface area contributed by atoms with Crippen molar-refractivity contribution in [2.45, 2.75) is 0 Å². The lowest BCUT2D eigenvalue weighted by atomic mass is 9.96. The van der Waals surface area contributed by atoms with Crippen LogP contribution < -0.4 is 0 Å². The molecular weight excluding hydrogens is 639 g/mol. The average molecular weight is 666 g/mol. The molecule has 0 N–H and O–H groups in total. The van der Waals surface area contributed by atoms with E-state index in [2.05, 4.69) is 158 Å². The highest BCUT2D eigenvalue weighted by atomic mass is 32.1. The second kappa shape index (κ2) is 11.0. The van der Waals surface area contributed by atoms with Crippen LogP contribution in [0.5, 0.6) is 0 Å². The predicted molar refractivity (Wildman–Crippen MR) is 214 cm³/mol. The summed E-state index contributed by atoms with van der Waals surface area (Å²) in [6, 6.07) is 58.5. The molecule has 0 radical (unpaired) electrons. The molecule has 0 fully saturated rings. The number of aromatic nitrogens is 3. The van der Waals surface area contributed by atoms with Gasteiger partial charge in [0.15, 0.2) is 0 Å². The molecule has 0 bridgehead atoms. The molecule has 0 unspecified atom stereocenters. The summed E-state index contributed by atoms with van der Waals surface area (Å²) >= 11 is 1.72. The van der Waals surface area contributed by atoms with E-state index in [-0.39, 0.29) is 0 Å². The largest absolute Gasteiger partial charge is 0.245 e. The van der Waals surface area contributed by atoms with Gasteiger partial charge >= 0.3 is 0 Å². The maximum atomic E-state index is 5.22. The molecule has 0 saturated heterocycles. The van der Waals surface area contributed by atoms with Crippen molar-refractivity contribution in [2.24, 2.45) is 0 Å². The number of para-hydroxylation sites is 1. The number of fused-ring (bicyclic) bond motifs is 7. The van der Waals surface area contributed by atoms with Crippen molar-refractivity contribution in [3.63, 3.8) is 0 Å². The van der Waals surface area contributed by atoms with Crippen LogP contribution in [0.15, 0.2) is 164 Å². The van der Waals surface area contributed by atoms with Gasteiger partial charge in [0, 0.05) is 27.5 Å². The summed E-state index contributed by atoms with van der Waals surface area (Å²) in [5.74, 6) is 0. The van der Waals surface area contributed by atoms with Crippen LogP contribution in [0.3, 0.4) is 0 Å². The number of hydrogen-bond acceptors (Lipinski definition) is 4. The van der Waals surface area contributed by atoms with E-state index < -0.39 is 0 Å². The minimum atomic E-state index is 0.906. The SMILES string of the molecule is c1cc(-c2ccc3ccc4ccc(-c5ccc(-c6ccc7c(c6)-c6cccc8cccc-7c68)cc5)nc4c3n2)cc(-c2nc3ccccc3s2)c1. The predicted octanol–water partition coefficient (Wildman–Crippen LogP) is 12.9. The molecular formula is C47H27N3S. The molecule has 11 rings (SSSR count). The van der Waals surface area contributed by atoms with Crippen molar-refractivity contribution in [3.05, 3.63) is 164 Å². The number of pyridine rings is 2. The van der Waals surface area contributed by atoms with Gasteiger partial charge in [0.1, 0.15) is 5.01 Å². The molecule has 0 aliphatic heterocycles. The zero-order valence-corrected chi connectivity index (χ0v) is 28.2. The van der Waals surface area contributed by atoms with Crippen LogP contribution in [0.25, 0.3) is 109 Å². The van der Waals surface area contributed by atoms with Crippen molar-refractivity contribution in [3.8, 4) is 66.5 Å². The summed E-state index contributed by atoms with van der Waals surface area (Å²) in [4.78, 5) is 15.3. The highest BCUT2D eigenvalue weighted by Crippen LogP contribution is 2.48. The zero-order valence-electron chi connectivity index (χ0n) is 27.3. The summed E-state index contributed by atoms with van der Waals surface area (Å²) in [7, 11) is 0. The summed E-state index contributed by atoms with van der Waals surface area (Å²) in [5.41, 5.74) is 15.6. The quantitative estimate of drug-likeness (QED) is 0.176. The normalized spacial score (nSPS) is 11.9. The van der Waals surface area contributed by atoms with E-state index in [1.54, 1.807) is 11.3 Å². The first-order chi connectivity index (χ1) is 25.2. The summed E-state index contributed by atoms with van der Waals surface area (Å²) in [6.07, 6.45) is 0. The van der Waals surface area contributed by atoms with Crippen LogP contribution in [-0.2, 0) is 0 Å². The van der Waals surface area contributed by atoms with E-state index in [9.17, 15) is 0 Å². The second-order valence-corrected chi connectivity index (χ2v) is 14.2. The number of nitrogens with zero attached hydrogens (tertiary/aromatic N) is 3. The zero-order chi connectivity index (χ0) is 33.5. The van der Waals surface area contributed by atoms with Gasteiger partial charge in [-0.2, -0.15) is 0 Å². The van der Waals surface area contributed by atoms with Gasteiger partial charge in [-0.15, -0.1) is 11.3 Å². The van der Waals surface area contributed by atoms with Gasteiger partial charge in [0.05, 0.1) is 32.6 Å². The Balaban J connectivity index is 0.944. The average Bonchev–Trinajstić information content (AvgIpc) is 3.78. The van der Waals surface area contributed by atoms with Gasteiger partial charge in [0.25, 0.3) is 0 Å². The van der Waals surface area contributed by atoms with E-state index in [0.29, 0.717) is 0 Å². The van der Waals surface area contributed by atoms with E-state index in [0.717, 1.165) is 60.4 Å². The highest BCUT2D eigenvalue weighted by Gasteiger charge is 2.21. The number of rotatable bonds is 4. The fourth-order valence-corrected chi connectivity index (χ4v) is 8.66. The smallest absolute Gasteiger partial charge is 0.124 e. The molecule has 3 nitrogen and oxygen atoms in total. The lowest BCUT2D eigenvalue weighted by Crippen LogP contribution is -1.91. The molecule has 0 atom stereocenters. The minimum Gasteiger partial charge on any atom is -0.245 e. The Bertz CT molecular complexity index is 2990. The van der Waals surface area contributed by atoms with Crippen LogP contribution in [-0.4, -0.2) is 15.0 Å². The summed E-state index contributed by atoms with van der Waals surface area (Å²) < 4.78 is 1.19. The first-order valence-corrected chi connectivity index (χ1v) is 18.0. The molecule has 1 aliphatic carbocycles. The fourth-order valence-electron chi connectivity index (χ4n) is 7.70. The van der Waals surface area contributed by atoms with Gasteiger partial charge in [-0.3, -0.25) is 0 Å². The Labute approximate surface area is 298 Å². The lowest BCUT2D eigenvalue weighted by molar-refractivity contribution is 1.36. The molecule has 0 saturated carbocycles. The van der Waals surface area contributed by atoms with Crippen LogP contribution in [0.4, 0.5) is 0 Å². The molecule has 3 heterocycles. The van der Waals surface area contributed by atoms with E-state index >= 15 is 0 Å². The van der Waals surface area contributed by atoms with Crippen molar-refractivity contribution < 1.29 is 0 Å². The standard InChI is InChI=1S/C47H27N3S/c1-2-13-43-42(12-1)50-47(51-43)35-9-3-8-34(26-35)41-25-22-32-19-18-31-21-24-40(48-45(31)46(32)49-41)29-16-14-28(15-17-29)33-20-23-36-37-10-4-6-30-7-5-11-38(44(30)37)39(36)27-33/h1-27H. The third-order valence-electron chi connectivity index (χ3n) is 10.2. The van der Waals surface area contributed by atoms with Gasteiger partial charge in [0.2, 0.25) is 0 Å². The van der Waals surface area contributed by atoms with Crippen LogP contribution in [0.2, 0.25) is 0 Å². The molecule has 0 spiro atoms. The molecule has 3 aromatic heterocycles. The topological polar surface area (TPSA) is 38.7 Å². The lowest BCUT2D eigenvalue weighted by Gasteiger charge is -2.10. The summed E-state index contributed by atoms with van der Waals surface area (Å²) in [6.45, 7) is 0. The number of hydrogen-bond donors (Lipinski definition) is 0. The summed E-state index contributed by atoms with van der Waals surface area (Å²) in [5, 5.41) is 5.81. The first kappa shape index (κ1) is 28.4. The fraction of sp³-hybridized carbons (Fsp3) is 0. The minimum absolute atomic E-state index is 0.906. The van der Waals surface area contributed by atoms with Gasteiger partial charge < -0.3 is 0 Å². The van der Waals surface area contributed by atoms with Crippen LogP contribution in [0.1, 0.15) is 0 Å². The van der Waals surface area contributed by atoms with Crippen LogP contribution in [0, 0.1) is 0 Å². The maximum Gasteiger partial charge on any atom is 0.124 e. The van der Waals surface area contributed by atoms with Crippen LogP contribution >= 0.6 is 11.3 Å². The Morgan fingerprint density at radius 3 is 1.75 bits per heavy atom. The van der Waals surface area contributed by atoms with E-state index in [1.165, 1.54) is 48.9 Å². The highest BCUT2D eigenvalue weighted by molar-refractivity contribution is 7.21.